The maximum atomic E-state index is 4.54. The van der Waals surface area contributed by atoms with Crippen molar-refractivity contribution in [1.29, 1.82) is 0 Å². The largest absolute Gasteiger partial charge is 0.313 e. The lowest BCUT2D eigenvalue weighted by Gasteiger charge is -2.18. The predicted molar refractivity (Wildman–Crippen MR) is 94.2 cm³/mol. The fraction of sp³-hybridized carbons (Fsp3) is 0.562. The summed E-state index contributed by atoms with van der Waals surface area (Å²) in [4.78, 5) is 1.43. The summed E-state index contributed by atoms with van der Waals surface area (Å²) in [6, 6.07) is 4.83. The molecule has 0 aliphatic rings. The third kappa shape index (κ3) is 4.41. The molecule has 0 amide bonds. The Morgan fingerprint density at radius 1 is 1.33 bits per heavy atom. The Hall–Kier alpha value is -0.650. The number of hydrogen-bond donors (Lipinski definition) is 1. The standard InChI is InChI=1S/C16H24BrN3S/c1-5-8-18-13(9-14-6-7-16(17)21-14)10-15-11(2)19-20(4)12(15)3/h6-7,13,18H,5,8-10H2,1-4H3. The molecule has 0 fully saturated rings. The van der Waals surface area contributed by atoms with Crippen molar-refractivity contribution in [2.75, 3.05) is 6.54 Å². The number of hydrogen-bond acceptors (Lipinski definition) is 3. The van der Waals surface area contributed by atoms with Crippen LogP contribution in [-0.2, 0) is 19.9 Å². The molecule has 0 aromatic carbocycles. The van der Waals surface area contributed by atoms with Crippen LogP contribution in [0.3, 0.4) is 0 Å². The Morgan fingerprint density at radius 2 is 2.10 bits per heavy atom. The highest BCUT2D eigenvalue weighted by Crippen LogP contribution is 2.24. The highest BCUT2D eigenvalue weighted by atomic mass is 79.9. The third-order valence-electron chi connectivity index (χ3n) is 3.87. The smallest absolute Gasteiger partial charge is 0.0701 e. The zero-order valence-corrected chi connectivity index (χ0v) is 15.6. The number of nitrogens with zero attached hydrogens (tertiary/aromatic N) is 2. The zero-order chi connectivity index (χ0) is 15.4. The van der Waals surface area contributed by atoms with Crippen LogP contribution in [0.1, 0.15) is 35.2 Å². The lowest BCUT2D eigenvalue weighted by atomic mass is 10.0. The number of rotatable bonds is 7. The van der Waals surface area contributed by atoms with Gasteiger partial charge in [-0.15, -0.1) is 11.3 Å². The number of aromatic nitrogens is 2. The van der Waals surface area contributed by atoms with Gasteiger partial charge in [0.2, 0.25) is 0 Å². The maximum absolute atomic E-state index is 4.54. The minimum atomic E-state index is 0.470. The van der Waals surface area contributed by atoms with Crippen LogP contribution in [0.2, 0.25) is 0 Å². The Morgan fingerprint density at radius 3 is 2.62 bits per heavy atom. The average Bonchev–Trinajstić information content (AvgIpc) is 2.94. The molecule has 0 aliphatic carbocycles. The molecule has 1 atom stereocenters. The number of aryl methyl sites for hydroxylation is 2. The van der Waals surface area contributed by atoms with Crippen molar-refractivity contribution in [2.24, 2.45) is 7.05 Å². The van der Waals surface area contributed by atoms with Gasteiger partial charge in [-0.05, 0) is 73.3 Å². The van der Waals surface area contributed by atoms with Crippen molar-refractivity contribution in [1.82, 2.24) is 15.1 Å². The molecule has 0 saturated heterocycles. The Labute approximate surface area is 139 Å². The molecular weight excluding hydrogens is 346 g/mol. The molecule has 1 unspecified atom stereocenters. The van der Waals surface area contributed by atoms with Gasteiger partial charge in [0, 0.05) is 23.7 Å². The number of thiophene rings is 1. The fourth-order valence-corrected chi connectivity index (χ4v) is 4.19. The molecule has 2 aromatic heterocycles. The summed E-state index contributed by atoms with van der Waals surface area (Å²) in [6.07, 6.45) is 3.28. The first-order valence-electron chi connectivity index (χ1n) is 7.48. The molecule has 0 radical (unpaired) electrons. The molecule has 2 rings (SSSR count). The van der Waals surface area contributed by atoms with E-state index in [4.69, 9.17) is 0 Å². The fourth-order valence-electron chi connectivity index (χ4n) is 2.63. The summed E-state index contributed by atoms with van der Waals surface area (Å²) in [5.41, 5.74) is 3.83. The van der Waals surface area contributed by atoms with E-state index < -0.39 is 0 Å². The summed E-state index contributed by atoms with van der Waals surface area (Å²) in [7, 11) is 2.02. The predicted octanol–water partition coefficient (Wildman–Crippen LogP) is 4.01. The van der Waals surface area contributed by atoms with Gasteiger partial charge in [0.15, 0.2) is 0 Å². The second-order valence-electron chi connectivity index (χ2n) is 5.54. The SMILES string of the molecule is CCCNC(Cc1ccc(Br)s1)Cc1c(C)nn(C)c1C. The molecule has 3 nitrogen and oxygen atoms in total. The van der Waals surface area contributed by atoms with Crippen LogP contribution in [0.15, 0.2) is 15.9 Å². The first-order valence-corrected chi connectivity index (χ1v) is 9.08. The molecular formula is C16H24BrN3S. The summed E-state index contributed by atoms with van der Waals surface area (Å²) < 4.78 is 3.20. The van der Waals surface area contributed by atoms with Crippen molar-refractivity contribution in [2.45, 2.75) is 46.1 Å². The zero-order valence-electron chi connectivity index (χ0n) is 13.2. The third-order valence-corrected chi connectivity index (χ3v) is 5.51. The Bertz CT molecular complexity index is 588. The van der Waals surface area contributed by atoms with Gasteiger partial charge in [0.25, 0.3) is 0 Å². The van der Waals surface area contributed by atoms with E-state index >= 15 is 0 Å². The lowest BCUT2D eigenvalue weighted by molar-refractivity contribution is 0.505. The van der Waals surface area contributed by atoms with Crippen LogP contribution in [0, 0.1) is 13.8 Å². The van der Waals surface area contributed by atoms with E-state index in [9.17, 15) is 0 Å². The van der Waals surface area contributed by atoms with Crippen molar-refractivity contribution < 1.29 is 0 Å². The maximum Gasteiger partial charge on any atom is 0.0701 e. The minimum absolute atomic E-state index is 0.470. The lowest BCUT2D eigenvalue weighted by Crippen LogP contribution is -2.34. The van der Waals surface area contributed by atoms with Crippen molar-refractivity contribution >= 4 is 27.3 Å². The van der Waals surface area contributed by atoms with Gasteiger partial charge in [-0.1, -0.05) is 6.92 Å². The van der Waals surface area contributed by atoms with Gasteiger partial charge in [-0.25, -0.2) is 0 Å². The van der Waals surface area contributed by atoms with Crippen LogP contribution < -0.4 is 5.32 Å². The molecule has 0 bridgehead atoms. The van der Waals surface area contributed by atoms with Gasteiger partial charge >= 0.3 is 0 Å². The monoisotopic (exact) mass is 369 g/mol. The first-order chi connectivity index (χ1) is 10.0. The first kappa shape index (κ1) is 16.7. The van der Waals surface area contributed by atoms with Crippen LogP contribution in [-0.4, -0.2) is 22.4 Å². The van der Waals surface area contributed by atoms with Gasteiger partial charge < -0.3 is 5.32 Å². The van der Waals surface area contributed by atoms with E-state index in [1.165, 1.54) is 19.9 Å². The van der Waals surface area contributed by atoms with E-state index in [0.29, 0.717) is 6.04 Å². The average molecular weight is 370 g/mol. The molecule has 0 saturated carbocycles. The highest BCUT2D eigenvalue weighted by Gasteiger charge is 2.16. The highest BCUT2D eigenvalue weighted by molar-refractivity contribution is 9.11. The number of halogens is 1. The second kappa shape index (κ2) is 7.56. The molecule has 2 heterocycles. The quantitative estimate of drug-likeness (QED) is 0.798. The molecule has 0 aliphatic heterocycles. The van der Waals surface area contributed by atoms with Gasteiger partial charge in [-0.2, -0.15) is 5.10 Å². The van der Waals surface area contributed by atoms with E-state index in [0.717, 1.165) is 31.5 Å². The molecule has 0 spiro atoms. The summed E-state index contributed by atoms with van der Waals surface area (Å²) in [5, 5.41) is 8.23. The van der Waals surface area contributed by atoms with E-state index in [2.05, 4.69) is 59.2 Å². The Kier molecular flexibility index (Phi) is 6.02. The van der Waals surface area contributed by atoms with Gasteiger partial charge in [-0.3, -0.25) is 4.68 Å². The second-order valence-corrected chi connectivity index (χ2v) is 8.09. The molecule has 21 heavy (non-hydrogen) atoms. The van der Waals surface area contributed by atoms with Crippen LogP contribution in [0.5, 0.6) is 0 Å². The molecule has 1 N–H and O–H groups in total. The minimum Gasteiger partial charge on any atom is -0.313 e. The van der Waals surface area contributed by atoms with Crippen molar-refractivity contribution in [3.8, 4) is 0 Å². The van der Waals surface area contributed by atoms with Crippen LogP contribution in [0.25, 0.3) is 0 Å². The van der Waals surface area contributed by atoms with E-state index in [1.807, 2.05) is 23.1 Å². The summed E-state index contributed by atoms with van der Waals surface area (Å²) >= 11 is 5.38. The topological polar surface area (TPSA) is 29.9 Å². The summed E-state index contributed by atoms with van der Waals surface area (Å²) in [5.74, 6) is 0. The Balaban J connectivity index is 2.12. The van der Waals surface area contributed by atoms with E-state index in [-0.39, 0.29) is 0 Å². The normalized spacial score (nSPS) is 12.8. The van der Waals surface area contributed by atoms with Gasteiger partial charge in [0.05, 0.1) is 9.48 Å². The van der Waals surface area contributed by atoms with Crippen LogP contribution >= 0.6 is 27.3 Å². The molecule has 5 heteroatoms. The molecule has 2 aromatic rings. The van der Waals surface area contributed by atoms with Crippen molar-refractivity contribution in [3.05, 3.63) is 37.7 Å². The van der Waals surface area contributed by atoms with Gasteiger partial charge in [0.1, 0.15) is 0 Å². The summed E-state index contributed by atoms with van der Waals surface area (Å²) in [6.45, 7) is 7.55. The van der Waals surface area contributed by atoms with Crippen LogP contribution in [0.4, 0.5) is 0 Å². The van der Waals surface area contributed by atoms with E-state index in [1.54, 1.807) is 0 Å². The van der Waals surface area contributed by atoms with Crippen molar-refractivity contribution in [3.63, 3.8) is 0 Å². The number of nitrogens with one attached hydrogen (secondary N) is 1. The molecule has 116 valence electrons.